The smallest absolute Gasteiger partial charge is 0.223 e. The summed E-state index contributed by atoms with van der Waals surface area (Å²) in [4.78, 5) is 18.4. The van der Waals surface area contributed by atoms with Crippen LogP contribution in [0.2, 0.25) is 0 Å². The Hall–Kier alpha value is -2.01. The first-order valence-electron chi connectivity index (χ1n) is 12.1. The molecule has 3 heterocycles. The molecule has 5 nitrogen and oxygen atoms in total. The lowest BCUT2D eigenvalue weighted by molar-refractivity contribution is -0.136. The number of carbonyl (C=O) groups excluding carboxylic acids is 1. The Kier molecular flexibility index (Phi) is 5.96. The SMILES string of the molecule is COc1ccc(CCC(=O)N2CCCC3=C[C@H]4C[C@@H](CN5CCCC[C@@H]45)[C@H]32)cc1OC. The Morgan fingerprint density at radius 3 is 2.81 bits per heavy atom. The fourth-order valence-corrected chi connectivity index (χ4v) is 6.68. The largest absolute Gasteiger partial charge is 0.493 e. The van der Waals surface area contributed by atoms with Gasteiger partial charge in [0.25, 0.3) is 0 Å². The van der Waals surface area contributed by atoms with Gasteiger partial charge in [0, 0.05) is 25.6 Å². The van der Waals surface area contributed by atoms with E-state index in [9.17, 15) is 4.79 Å². The van der Waals surface area contributed by atoms with Crippen LogP contribution in [0.5, 0.6) is 11.5 Å². The van der Waals surface area contributed by atoms with E-state index in [2.05, 4.69) is 15.9 Å². The van der Waals surface area contributed by atoms with Gasteiger partial charge in [0.2, 0.25) is 5.91 Å². The number of aryl methyl sites for hydroxylation is 1. The second-order valence-electron chi connectivity index (χ2n) is 9.78. The minimum Gasteiger partial charge on any atom is -0.493 e. The molecule has 0 unspecified atom stereocenters. The molecule has 1 aromatic rings. The van der Waals surface area contributed by atoms with Crippen molar-refractivity contribution in [3.05, 3.63) is 35.4 Å². The van der Waals surface area contributed by atoms with Gasteiger partial charge in [-0.05, 0) is 74.6 Å². The van der Waals surface area contributed by atoms with Crippen LogP contribution in [0.4, 0.5) is 0 Å². The van der Waals surface area contributed by atoms with Crippen LogP contribution in [0.1, 0.15) is 50.5 Å². The van der Waals surface area contributed by atoms with E-state index in [4.69, 9.17) is 9.47 Å². The number of methoxy groups -OCH3 is 2. The van der Waals surface area contributed by atoms with Crippen molar-refractivity contribution < 1.29 is 14.3 Å². The van der Waals surface area contributed by atoms with Crippen molar-refractivity contribution in [2.75, 3.05) is 33.9 Å². The molecular weight excluding hydrogens is 388 g/mol. The Labute approximate surface area is 186 Å². The van der Waals surface area contributed by atoms with Crippen molar-refractivity contribution in [3.8, 4) is 11.5 Å². The number of likely N-dealkylation sites (tertiary alicyclic amines) is 1. The summed E-state index contributed by atoms with van der Waals surface area (Å²) in [7, 11) is 3.30. The summed E-state index contributed by atoms with van der Waals surface area (Å²) >= 11 is 0. The van der Waals surface area contributed by atoms with Gasteiger partial charge in [-0.1, -0.05) is 24.1 Å². The number of hydrogen-bond acceptors (Lipinski definition) is 4. The standard InChI is InChI=1S/C26H36N2O3/c1-30-23-10-8-18(14-24(23)31-2)9-11-25(29)28-13-5-6-19-15-20-16-21(26(19)28)17-27-12-4-3-7-22(20)27/h8,10,14-15,20-22,26H,3-7,9,11-13,16-17H2,1-2H3/t20-,21-,22-,26-/m0/s1. The molecule has 168 valence electrons. The van der Waals surface area contributed by atoms with Gasteiger partial charge in [0.1, 0.15) is 0 Å². The summed E-state index contributed by atoms with van der Waals surface area (Å²) in [6, 6.07) is 7.06. The van der Waals surface area contributed by atoms with Crippen LogP contribution in [-0.4, -0.2) is 61.6 Å². The zero-order valence-corrected chi connectivity index (χ0v) is 19.0. The molecule has 5 rings (SSSR count). The summed E-state index contributed by atoms with van der Waals surface area (Å²) in [5, 5.41) is 0. The lowest BCUT2D eigenvalue weighted by Gasteiger charge is -2.54. The molecular formula is C26H36N2O3. The number of benzene rings is 1. The molecule has 2 bridgehead atoms. The lowest BCUT2D eigenvalue weighted by Crippen LogP contribution is -2.60. The zero-order chi connectivity index (χ0) is 21.4. The summed E-state index contributed by atoms with van der Waals surface area (Å²) in [5.74, 6) is 3.10. The van der Waals surface area contributed by atoms with Crippen molar-refractivity contribution in [2.24, 2.45) is 11.8 Å². The van der Waals surface area contributed by atoms with Gasteiger partial charge in [0.05, 0.1) is 20.3 Å². The highest BCUT2D eigenvalue weighted by Gasteiger charge is 2.46. The maximum atomic E-state index is 13.4. The molecule has 0 N–H and O–H groups in total. The topological polar surface area (TPSA) is 42.0 Å². The molecule has 4 atom stereocenters. The van der Waals surface area contributed by atoms with Crippen molar-refractivity contribution >= 4 is 5.91 Å². The Balaban J connectivity index is 1.29. The summed E-state index contributed by atoms with van der Waals surface area (Å²) < 4.78 is 10.8. The summed E-state index contributed by atoms with van der Waals surface area (Å²) in [6.07, 6.45) is 11.5. The molecule has 1 amide bonds. The van der Waals surface area contributed by atoms with Gasteiger partial charge in [-0.2, -0.15) is 0 Å². The number of hydrogen-bond donors (Lipinski definition) is 0. The molecule has 3 aliphatic heterocycles. The van der Waals surface area contributed by atoms with E-state index in [0.717, 1.165) is 42.5 Å². The van der Waals surface area contributed by atoms with E-state index in [0.29, 0.717) is 30.2 Å². The van der Waals surface area contributed by atoms with Crippen molar-refractivity contribution in [3.63, 3.8) is 0 Å². The van der Waals surface area contributed by atoms with E-state index >= 15 is 0 Å². The van der Waals surface area contributed by atoms with Crippen LogP contribution in [-0.2, 0) is 11.2 Å². The van der Waals surface area contributed by atoms with Gasteiger partial charge < -0.3 is 14.4 Å². The molecule has 0 spiro atoms. The van der Waals surface area contributed by atoms with Crippen molar-refractivity contribution in [1.29, 1.82) is 0 Å². The molecule has 3 saturated heterocycles. The number of nitrogens with zero attached hydrogens (tertiary/aromatic N) is 2. The van der Waals surface area contributed by atoms with E-state index in [1.165, 1.54) is 45.2 Å². The van der Waals surface area contributed by atoms with E-state index in [1.54, 1.807) is 19.8 Å². The third kappa shape index (κ3) is 3.97. The molecule has 31 heavy (non-hydrogen) atoms. The van der Waals surface area contributed by atoms with E-state index in [-0.39, 0.29) is 0 Å². The van der Waals surface area contributed by atoms with Gasteiger partial charge in [0.15, 0.2) is 11.5 Å². The van der Waals surface area contributed by atoms with Gasteiger partial charge >= 0.3 is 0 Å². The number of piperidine rings is 3. The maximum Gasteiger partial charge on any atom is 0.223 e. The minimum absolute atomic E-state index is 0.310. The van der Waals surface area contributed by atoms with E-state index < -0.39 is 0 Å². The lowest BCUT2D eigenvalue weighted by atomic mass is 9.68. The van der Waals surface area contributed by atoms with Crippen LogP contribution >= 0.6 is 0 Å². The Morgan fingerprint density at radius 2 is 1.97 bits per heavy atom. The fourth-order valence-electron chi connectivity index (χ4n) is 6.68. The third-order valence-corrected chi connectivity index (χ3v) is 8.05. The third-order valence-electron chi connectivity index (χ3n) is 8.05. The maximum absolute atomic E-state index is 13.4. The molecule has 1 aromatic carbocycles. The molecule has 0 saturated carbocycles. The molecule has 4 aliphatic rings. The Morgan fingerprint density at radius 1 is 1.10 bits per heavy atom. The summed E-state index contributed by atoms with van der Waals surface area (Å²) in [5.41, 5.74) is 2.69. The first kappa shape index (κ1) is 20.9. The minimum atomic E-state index is 0.310. The second kappa shape index (κ2) is 8.85. The van der Waals surface area contributed by atoms with Gasteiger partial charge in [-0.15, -0.1) is 0 Å². The fraction of sp³-hybridized carbons (Fsp3) is 0.654. The molecule has 1 aliphatic carbocycles. The van der Waals surface area contributed by atoms with Crippen LogP contribution in [0.25, 0.3) is 0 Å². The first-order valence-corrected chi connectivity index (χ1v) is 12.1. The van der Waals surface area contributed by atoms with Crippen LogP contribution in [0.3, 0.4) is 0 Å². The van der Waals surface area contributed by atoms with E-state index in [1.807, 2.05) is 18.2 Å². The highest BCUT2D eigenvalue weighted by atomic mass is 16.5. The number of rotatable bonds is 5. The predicted molar refractivity (Wildman–Crippen MR) is 121 cm³/mol. The van der Waals surface area contributed by atoms with Gasteiger partial charge in [-0.25, -0.2) is 0 Å². The molecule has 3 fully saturated rings. The number of fused-ring (bicyclic) bond motifs is 6. The quantitative estimate of drug-likeness (QED) is 0.669. The average molecular weight is 425 g/mol. The van der Waals surface area contributed by atoms with Crippen molar-refractivity contribution in [1.82, 2.24) is 9.80 Å². The highest BCUT2D eigenvalue weighted by Crippen LogP contribution is 2.45. The van der Waals surface area contributed by atoms with Crippen LogP contribution in [0.15, 0.2) is 29.8 Å². The highest BCUT2D eigenvalue weighted by molar-refractivity contribution is 5.77. The number of carbonyl (C=O) groups is 1. The zero-order valence-electron chi connectivity index (χ0n) is 19.0. The molecule has 5 heteroatoms. The average Bonchev–Trinajstić information content (AvgIpc) is 2.82. The number of amides is 1. The normalized spacial score (nSPS) is 30.1. The monoisotopic (exact) mass is 424 g/mol. The van der Waals surface area contributed by atoms with Gasteiger partial charge in [-0.3, -0.25) is 9.69 Å². The predicted octanol–water partition coefficient (Wildman–Crippen LogP) is 4.06. The van der Waals surface area contributed by atoms with Crippen LogP contribution in [0, 0.1) is 11.8 Å². The Bertz CT molecular complexity index is 851. The molecule has 0 aromatic heterocycles. The molecule has 0 radical (unpaired) electrons. The summed E-state index contributed by atoms with van der Waals surface area (Å²) in [6.45, 7) is 3.35. The second-order valence-corrected chi connectivity index (χ2v) is 9.78. The first-order chi connectivity index (χ1) is 15.2. The van der Waals surface area contributed by atoms with Crippen molar-refractivity contribution in [2.45, 2.75) is 63.5 Å². The number of ether oxygens (including phenoxy) is 2. The van der Waals surface area contributed by atoms with Crippen LogP contribution < -0.4 is 9.47 Å².